The van der Waals surface area contributed by atoms with Crippen molar-refractivity contribution in [3.63, 3.8) is 0 Å². The lowest BCUT2D eigenvalue weighted by atomic mass is 9.96. The molecule has 37 heavy (non-hydrogen) atoms. The Labute approximate surface area is 215 Å². The van der Waals surface area contributed by atoms with Gasteiger partial charge in [0.2, 0.25) is 5.91 Å². The Morgan fingerprint density at radius 1 is 1.03 bits per heavy atom. The van der Waals surface area contributed by atoms with Crippen LogP contribution in [0.5, 0.6) is 0 Å². The zero-order valence-corrected chi connectivity index (χ0v) is 21.2. The average molecular weight is 499 g/mol. The predicted molar refractivity (Wildman–Crippen MR) is 142 cm³/mol. The summed E-state index contributed by atoms with van der Waals surface area (Å²) in [6, 6.07) is 9.51. The molecule has 1 atom stereocenters. The molecule has 0 unspecified atom stereocenters. The van der Waals surface area contributed by atoms with Crippen molar-refractivity contribution in [3.05, 3.63) is 72.2 Å². The van der Waals surface area contributed by atoms with Crippen LogP contribution >= 0.6 is 0 Å². The number of aromatic nitrogens is 5. The summed E-state index contributed by atoms with van der Waals surface area (Å²) in [4.78, 5) is 45.4. The molecule has 0 spiro atoms. The van der Waals surface area contributed by atoms with Crippen molar-refractivity contribution in [1.29, 1.82) is 0 Å². The number of benzene rings is 1. The Morgan fingerprint density at radius 2 is 1.84 bits per heavy atom. The van der Waals surface area contributed by atoms with E-state index in [0.717, 1.165) is 40.0 Å². The Kier molecular flexibility index (Phi) is 8.29. The van der Waals surface area contributed by atoms with Gasteiger partial charge in [-0.25, -0.2) is 19.9 Å². The van der Waals surface area contributed by atoms with Crippen LogP contribution in [0.2, 0.25) is 0 Å². The first-order chi connectivity index (χ1) is 18.0. The molecule has 4 aromatic rings. The molecule has 3 aromatic heterocycles. The minimum Gasteiger partial charge on any atom is -0.369 e. The number of rotatable bonds is 10. The van der Waals surface area contributed by atoms with E-state index in [1.165, 1.54) is 13.3 Å². The van der Waals surface area contributed by atoms with E-state index in [2.05, 4.69) is 47.8 Å². The van der Waals surface area contributed by atoms with Crippen LogP contribution in [0, 0.1) is 0 Å². The monoisotopic (exact) mass is 498 g/mol. The van der Waals surface area contributed by atoms with Gasteiger partial charge in [-0.3, -0.25) is 14.6 Å². The van der Waals surface area contributed by atoms with E-state index in [0.29, 0.717) is 30.9 Å². The summed E-state index contributed by atoms with van der Waals surface area (Å²) in [6.07, 6.45) is 8.14. The van der Waals surface area contributed by atoms with Crippen molar-refractivity contribution in [2.24, 2.45) is 0 Å². The summed E-state index contributed by atoms with van der Waals surface area (Å²) in [5.74, 6) is 1.34. The lowest BCUT2D eigenvalue weighted by molar-refractivity contribution is -0.118. The fraction of sp³-hybridized carbons (Fsp3) is 0.296. The van der Waals surface area contributed by atoms with Crippen molar-refractivity contribution >= 4 is 28.5 Å². The molecule has 4 rings (SSSR count). The van der Waals surface area contributed by atoms with Gasteiger partial charge in [0, 0.05) is 75.0 Å². The second-order valence-electron chi connectivity index (χ2n) is 8.73. The molecule has 0 radical (unpaired) electrons. The van der Waals surface area contributed by atoms with Gasteiger partial charge in [0.15, 0.2) is 0 Å². The number of carbonyl (C=O) groups is 2. The summed E-state index contributed by atoms with van der Waals surface area (Å²) >= 11 is 0. The highest BCUT2D eigenvalue weighted by atomic mass is 16.2. The zero-order valence-electron chi connectivity index (χ0n) is 21.2. The number of hydrogen-bond acceptors (Lipinski definition) is 8. The summed E-state index contributed by atoms with van der Waals surface area (Å²) in [6.45, 7) is 4.83. The maximum atomic E-state index is 12.3. The SMILES string of the molecule is CNC(=O)c1ccnc2c([C@H](C)CNc3cc(-c4cnc(CCCNC(C)=O)nc4)ncn3)cccc12. The maximum Gasteiger partial charge on any atom is 0.251 e. The molecule has 0 aliphatic rings. The Bertz CT molecular complexity index is 1390. The number of nitrogens with zero attached hydrogens (tertiary/aromatic N) is 5. The van der Waals surface area contributed by atoms with E-state index >= 15 is 0 Å². The summed E-state index contributed by atoms with van der Waals surface area (Å²) in [5, 5.41) is 9.67. The number of nitrogens with one attached hydrogen (secondary N) is 3. The quantitative estimate of drug-likeness (QED) is 0.284. The number of hydrogen-bond donors (Lipinski definition) is 3. The summed E-state index contributed by atoms with van der Waals surface area (Å²) < 4.78 is 0. The molecule has 0 saturated carbocycles. The summed E-state index contributed by atoms with van der Waals surface area (Å²) in [7, 11) is 1.62. The summed E-state index contributed by atoms with van der Waals surface area (Å²) in [5.41, 5.74) is 3.99. The zero-order chi connectivity index (χ0) is 26.2. The Balaban J connectivity index is 1.42. The molecule has 10 heteroatoms. The Hall–Kier alpha value is -4.47. The second-order valence-corrected chi connectivity index (χ2v) is 8.73. The van der Waals surface area contributed by atoms with E-state index in [9.17, 15) is 9.59 Å². The van der Waals surface area contributed by atoms with E-state index in [-0.39, 0.29) is 17.7 Å². The first kappa shape index (κ1) is 25.6. The molecule has 10 nitrogen and oxygen atoms in total. The van der Waals surface area contributed by atoms with Crippen LogP contribution in [0.4, 0.5) is 5.82 Å². The highest BCUT2D eigenvalue weighted by molar-refractivity contribution is 6.06. The molecule has 0 saturated heterocycles. The molecule has 0 aliphatic heterocycles. The van der Waals surface area contributed by atoms with Gasteiger partial charge < -0.3 is 16.0 Å². The fourth-order valence-electron chi connectivity index (χ4n) is 4.04. The predicted octanol–water partition coefficient (Wildman–Crippen LogP) is 3.13. The Morgan fingerprint density at radius 3 is 2.59 bits per heavy atom. The highest BCUT2D eigenvalue weighted by Gasteiger charge is 2.15. The van der Waals surface area contributed by atoms with E-state index in [1.54, 1.807) is 31.7 Å². The molecule has 2 amide bonds. The van der Waals surface area contributed by atoms with Crippen LogP contribution in [-0.2, 0) is 11.2 Å². The number of aryl methyl sites for hydroxylation is 1. The third kappa shape index (κ3) is 6.40. The van der Waals surface area contributed by atoms with Crippen LogP contribution in [0.25, 0.3) is 22.2 Å². The van der Waals surface area contributed by atoms with E-state index in [4.69, 9.17) is 0 Å². The first-order valence-corrected chi connectivity index (χ1v) is 12.2. The van der Waals surface area contributed by atoms with Gasteiger partial charge in [0.25, 0.3) is 5.91 Å². The van der Waals surface area contributed by atoms with Gasteiger partial charge in [-0.15, -0.1) is 0 Å². The number of amides is 2. The van der Waals surface area contributed by atoms with Gasteiger partial charge in [-0.2, -0.15) is 0 Å². The molecule has 3 heterocycles. The van der Waals surface area contributed by atoms with Gasteiger partial charge in [-0.05, 0) is 18.1 Å². The number of para-hydroxylation sites is 1. The number of pyridine rings is 1. The standard InChI is InChI=1S/C27H30N8O2/c1-17(20-6-4-7-21-22(27(37)28-3)9-11-30-26(20)21)13-31-25-12-23(34-16-35-25)19-14-32-24(33-15-19)8-5-10-29-18(2)36/h4,6-7,9,11-12,14-17H,5,8,10,13H2,1-3H3,(H,28,37)(H,29,36)(H,31,34,35)/t17-/m1/s1. The first-order valence-electron chi connectivity index (χ1n) is 12.2. The smallest absolute Gasteiger partial charge is 0.251 e. The van der Waals surface area contributed by atoms with E-state index in [1.807, 2.05) is 24.3 Å². The molecule has 0 bridgehead atoms. The molecule has 0 aliphatic carbocycles. The van der Waals surface area contributed by atoms with Crippen LogP contribution in [0.3, 0.4) is 0 Å². The molecular formula is C27H30N8O2. The molecule has 190 valence electrons. The lowest BCUT2D eigenvalue weighted by Gasteiger charge is -2.16. The van der Waals surface area contributed by atoms with Gasteiger partial charge in [0.1, 0.15) is 18.0 Å². The molecule has 0 fully saturated rings. The third-order valence-electron chi connectivity index (χ3n) is 6.01. The number of anilines is 1. The molecule has 3 N–H and O–H groups in total. The normalized spacial score (nSPS) is 11.6. The maximum absolute atomic E-state index is 12.3. The third-order valence-corrected chi connectivity index (χ3v) is 6.01. The van der Waals surface area contributed by atoms with Crippen molar-refractivity contribution in [3.8, 4) is 11.3 Å². The largest absolute Gasteiger partial charge is 0.369 e. The van der Waals surface area contributed by atoms with Crippen LogP contribution in [-0.4, -0.2) is 56.9 Å². The van der Waals surface area contributed by atoms with Crippen molar-refractivity contribution in [2.75, 3.05) is 25.5 Å². The van der Waals surface area contributed by atoms with Crippen molar-refractivity contribution in [1.82, 2.24) is 35.6 Å². The van der Waals surface area contributed by atoms with Gasteiger partial charge in [0.05, 0.1) is 16.8 Å². The highest BCUT2D eigenvalue weighted by Crippen LogP contribution is 2.27. The van der Waals surface area contributed by atoms with Crippen LogP contribution in [0.15, 0.2) is 55.2 Å². The van der Waals surface area contributed by atoms with E-state index < -0.39 is 0 Å². The molecule has 1 aromatic carbocycles. The van der Waals surface area contributed by atoms with Gasteiger partial charge in [-0.1, -0.05) is 25.1 Å². The minimum absolute atomic E-state index is 0.0391. The topological polar surface area (TPSA) is 135 Å². The molecular weight excluding hydrogens is 468 g/mol. The van der Waals surface area contributed by atoms with Crippen LogP contribution < -0.4 is 16.0 Å². The minimum atomic E-state index is -0.133. The number of carbonyl (C=O) groups excluding carboxylic acids is 2. The fourth-order valence-corrected chi connectivity index (χ4v) is 4.04. The van der Waals surface area contributed by atoms with Gasteiger partial charge >= 0.3 is 0 Å². The average Bonchev–Trinajstić information content (AvgIpc) is 2.93. The van der Waals surface area contributed by atoms with Crippen molar-refractivity contribution in [2.45, 2.75) is 32.6 Å². The van der Waals surface area contributed by atoms with Crippen molar-refractivity contribution < 1.29 is 9.59 Å². The van der Waals surface area contributed by atoms with Crippen LogP contribution in [0.1, 0.15) is 47.9 Å². The second kappa shape index (κ2) is 12.0. The lowest BCUT2D eigenvalue weighted by Crippen LogP contribution is -2.21. The number of fused-ring (bicyclic) bond motifs is 1.